The second kappa shape index (κ2) is 18.5. The van der Waals surface area contributed by atoms with Gasteiger partial charge in [0.15, 0.2) is 0 Å². The van der Waals surface area contributed by atoms with Crippen molar-refractivity contribution in [3.8, 4) is 0 Å². The summed E-state index contributed by atoms with van der Waals surface area (Å²) < 4.78 is 0. The van der Waals surface area contributed by atoms with Crippen LogP contribution in [0.3, 0.4) is 0 Å². The van der Waals surface area contributed by atoms with Crippen LogP contribution in [0, 0.1) is 28.6 Å². The lowest BCUT2D eigenvalue weighted by Crippen LogP contribution is -2.35. The van der Waals surface area contributed by atoms with Crippen LogP contribution in [0.15, 0.2) is 12.2 Å². The Hall–Kier alpha value is -1.40. The third-order valence-electron chi connectivity index (χ3n) is 7.98. The zero-order valence-corrected chi connectivity index (χ0v) is 29.9. The Morgan fingerprint density at radius 3 is 1.72 bits per heavy atom. The van der Waals surface area contributed by atoms with E-state index < -0.39 is 11.2 Å². The monoisotopic (exact) mass is 609 g/mol. The van der Waals surface area contributed by atoms with Gasteiger partial charge in [-0.3, -0.25) is 9.78 Å². The van der Waals surface area contributed by atoms with Gasteiger partial charge in [-0.2, -0.15) is 9.78 Å². The predicted molar refractivity (Wildman–Crippen MR) is 176 cm³/mol. The normalized spacial score (nSPS) is 19.8. The van der Waals surface area contributed by atoms with Crippen molar-refractivity contribution in [1.29, 1.82) is 0 Å². The van der Waals surface area contributed by atoms with E-state index in [9.17, 15) is 9.59 Å². The zero-order valence-electron chi connectivity index (χ0n) is 29.9. The van der Waals surface area contributed by atoms with Gasteiger partial charge in [0.1, 0.15) is 11.2 Å². The van der Waals surface area contributed by atoms with Crippen LogP contribution < -0.4 is 0 Å². The highest BCUT2D eigenvalue weighted by Crippen LogP contribution is 2.36. The highest BCUT2D eigenvalue weighted by atomic mass is 17.2. The van der Waals surface area contributed by atoms with Crippen molar-refractivity contribution in [1.82, 2.24) is 0 Å². The zero-order chi connectivity index (χ0) is 32.7. The molecule has 6 heteroatoms. The number of carbonyl (C=O) groups is 2. The van der Waals surface area contributed by atoms with Crippen LogP contribution in [0.25, 0.3) is 0 Å². The Kier molecular flexibility index (Phi) is 17.1. The summed E-state index contributed by atoms with van der Waals surface area (Å²) in [6, 6.07) is 0. The minimum absolute atomic E-state index is 0.0806. The molecule has 43 heavy (non-hydrogen) atoms. The molecule has 0 aromatic carbocycles. The van der Waals surface area contributed by atoms with Gasteiger partial charge in [0.25, 0.3) is 0 Å². The second-order valence-corrected chi connectivity index (χ2v) is 16.8. The van der Waals surface area contributed by atoms with Gasteiger partial charge >= 0.3 is 11.9 Å². The Morgan fingerprint density at radius 2 is 1.16 bits per heavy atom. The van der Waals surface area contributed by atoms with Gasteiger partial charge in [0.2, 0.25) is 0 Å². The molecule has 0 N–H and O–H groups in total. The molecule has 0 saturated carbocycles. The number of allylic oxidation sites excluding steroid dienone is 2. The van der Waals surface area contributed by atoms with E-state index in [1.807, 2.05) is 27.7 Å². The second-order valence-electron chi connectivity index (χ2n) is 16.8. The molecular formula is C37H68O6. The molecule has 0 bridgehead atoms. The average molecular weight is 609 g/mol. The SMILES string of the molecule is CCCCCC1C=CC(CCCCCCCCC(=O)OOC(C)(C)CC(C)(C)C)C(C(=O)OOC(C)(C)CC(C)(C)C)C1. The van der Waals surface area contributed by atoms with Crippen LogP contribution >= 0.6 is 0 Å². The first-order chi connectivity index (χ1) is 19.8. The molecular weight excluding hydrogens is 540 g/mol. The molecule has 0 amide bonds. The van der Waals surface area contributed by atoms with Gasteiger partial charge < -0.3 is 0 Å². The number of hydrogen-bond donors (Lipinski definition) is 0. The van der Waals surface area contributed by atoms with E-state index >= 15 is 0 Å². The Labute approximate surface area is 265 Å². The van der Waals surface area contributed by atoms with E-state index in [4.69, 9.17) is 19.6 Å². The molecule has 0 aliphatic heterocycles. The minimum Gasteiger partial charge on any atom is -0.298 e. The van der Waals surface area contributed by atoms with Crippen molar-refractivity contribution < 1.29 is 29.1 Å². The van der Waals surface area contributed by atoms with E-state index in [0.717, 1.165) is 70.6 Å². The molecule has 6 nitrogen and oxygen atoms in total. The molecule has 252 valence electrons. The van der Waals surface area contributed by atoms with Crippen molar-refractivity contribution in [3.05, 3.63) is 12.2 Å². The maximum atomic E-state index is 13.3. The van der Waals surface area contributed by atoms with E-state index in [1.54, 1.807) is 0 Å². The van der Waals surface area contributed by atoms with E-state index in [-0.39, 0.29) is 34.6 Å². The lowest BCUT2D eigenvalue weighted by Gasteiger charge is -2.33. The Balaban J connectivity index is 2.45. The number of rotatable bonds is 20. The molecule has 0 heterocycles. The van der Waals surface area contributed by atoms with Crippen LogP contribution in [0.5, 0.6) is 0 Å². The molecule has 1 aliphatic rings. The fourth-order valence-electron chi connectivity index (χ4n) is 6.84. The largest absolute Gasteiger partial charge is 0.346 e. The molecule has 1 aliphatic carbocycles. The van der Waals surface area contributed by atoms with Crippen molar-refractivity contribution in [3.63, 3.8) is 0 Å². The quantitative estimate of drug-likeness (QED) is 0.0592. The molecule has 0 aromatic heterocycles. The van der Waals surface area contributed by atoms with Gasteiger partial charge in [-0.15, -0.1) is 0 Å². The smallest absolute Gasteiger partial charge is 0.298 e. The van der Waals surface area contributed by atoms with Crippen molar-refractivity contribution >= 4 is 11.9 Å². The van der Waals surface area contributed by atoms with Crippen molar-refractivity contribution in [2.24, 2.45) is 28.6 Å². The maximum absolute atomic E-state index is 13.3. The molecule has 3 unspecified atom stereocenters. The summed E-state index contributed by atoms with van der Waals surface area (Å²) in [7, 11) is 0. The third-order valence-corrected chi connectivity index (χ3v) is 7.98. The summed E-state index contributed by atoms with van der Waals surface area (Å²) in [5.41, 5.74) is -0.844. The molecule has 0 spiro atoms. The lowest BCUT2D eigenvalue weighted by molar-refractivity contribution is -0.333. The van der Waals surface area contributed by atoms with Gasteiger partial charge in [-0.05, 0) is 88.9 Å². The Morgan fingerprint density at radius 1 is 0.651 bits per heavy atom. The summed E-state index contributed by atoms with van der Waals surface area (Å²) in [6.45, 7) is 23.1. The first-order valence-corrected chi connectivity index (χ1v) is 17.3. The van der Waals surface area contributed by atoms with Crippen LogP contribution in [0.2, 0.25) is 0 Å². The highest BCUT2D eigenvalue weighted by molar-refractivity contribution is 5.72. The van der Waals surface area contributed by atoms with Gasteiger partial charge in [-0.25, -0.2) is 9.59 Å². The lowest BCUT2D eigenvalue weighted by atomic mass is 9.75. The fraction of sp³-hybridized carbons (Fsp3) is 0.892. The molecule has 0 saturated heterocycles. The molecule has 1 rings (SSSR count). The average Bonchev–Trinajstić information content (AvgIpc) is 2.85. The topological polar surface area (TPSA) is 71.1 Å². The first-order valence-electron chi connectivity index (χ1n) is 17.3. The first kappa shape index (κ1) is 39.6. The maximum Gasteiger partial charge on any atom is 0.346 e. The number of carbonyl (C=O) groups excluding carboxylic acids is 2. The highest BCUT2D eigenvalue weighted by Gasteiger charge is 2.36. The summed E-state index contributed by atoms with van der Waals surface area (Å²) in [6.07, 6.45) is 19.4. The standard InChI is InChI=1S/C37H68O6/c1-12-13-18-21-29-24-25-30(31(26-29)33(39)41-43-37(10,11)28-35(5,6)7)22-19-16-14-15-17-20-23-32(38)40-42-36(8,9)27-34(2,3)4/h24-25,29-31H,12-23,26-28H2,1-11H3. The summed E-state index contributed by atoms with van der Waals surface area (Å²) in [4.78, 5) is 47.2. The van der Waals surface area contributed by atoms with Crippen LogP contribution in [0.4, 0.5) is 0 Å². The van der Waals surface area contributed by atoms with Gasteiger partial charge in [0.05, 0.1) is 5.92 Å². The van der Waals surface area contributed by atoms with Gasteiger partial charge in [-0.1, -0.05) is 112 Å². The number of unbranched alkanes of at least 4 members (excludes halogenated alkanes) is 7. The predicted octanol–water partition coefficient (Wildman–Crippen LogP) is 10.9. The van der Waals surface area contributed by atoms with Crippen LogP contribution in [0.1, 0.15) is 172 Å². The van der Waals surface area contributed by atoms with Crippen molar-refractivity contribution in [2.45, 2.75) is 184 Å². The molecule has 3 atom stereocenters. The van der Waals surface area contributed by atoms with E-state index in [0.29, 0.717) is 12.3 Å². The third kappa shape index (κ3) is 19.6. The van der Waals surface area contributed by atoms with E-state index in [1.165, 1.54) is 19.3 Å². The Bertz CT molecular complexity index is 829. The fourth-order valence-corrected chi connectivity index (χ4v) is 6.84. The number of hydrogen-bond acceptors (Lipinski definition) is 6. The van der Waals surface area contributed by atoms with Crippen molar-refractivity contribution in [2.75, 3.05) is 0 Å². The summed E-state index contributed by atoms with van der Waals surface area (Å²) in [5.74, 6) is -0.0212. The van der Waals surface area contributed by atoms with Crippen LogP contribution in [-0.2, 0) is 29.1 Å². The molecule has 0 fully saturated rings. The molecule has 0 radical (unpaired) electrons. The minimum atomic E-state index is -0.527. The van der Waals surface area contributed by atoms with E-state index in [2.05, 4.69) is 60.6 Å². The summed E-state index contributed by atoms with van der Waals surface area (Å²) in [5, 5.41) is 0. The van der Waals surface area contributed by atoms with Gasteiger partial charge in [0, 0.05) is 6.42 Å². The van der Waals surface area contributed by atoms with Crippen LogP contribution in [-0.4, -0.2) is 23.1 Å². The molecule has 0 aromatic rings. The summed E-state index contributed by atoms with van der Waals surface area (Å²) >= 11 is 0.